The number of aromatic nitrogens is 2. The average Bonchev–Trinajstić information content (AvgIpc) is 2.41. The molecule has 0 aliphatic carbocycles. The Morgan fingerprint density at radius 1 is 1.06 bits per heavy atom. The van der Waals surface area contributed by atoms with Crippen LogP contribution in [0.25, 0.3) is 0 Å². The van der Waals surface area contributed by atoms with E-state index in [0.717, 1.165) is 31.0 Å². The van der Waals surface area contributed by atoms with Crippen molar-refractivity contribution in [2.24, 2.45) is 0 Å². The third-order valence-electron chi connectivity index (χ3n) is 2.79. The molecule has 4 heteroatoms. The average molecular weight is 242 g/mol. The maximum atomic E-state index is 5.63. The highest BCUT2D eigenvalue weighted by Crippen LogP contribution is 2.07. The van der Waals surface area contributed by atoms with Crippen LogP contribution < -0.4 is 5.73 Å². The maximum absolute atomic E-state index is 5.63. The van der Waals surface area contributed by atoms with E-state index in [9.17, 15) is 0 Å². The minimum Gasteiger partial charge on any atom is -0.397 e. The summed E-state index contributed by atoms with van der Waals surface area (Å²) in [6.07, 6.45) is 3.52. The number of hydrogen-bond donors (Lipinski definition) is 1. The van der Waals surface area contributed by atoms with Gasteiger partial charge in [-0.25, -0.2) is 0 Å². The monoisotopic (exact) mass is 242 g/mol. The topological polar surface area (TPSA) is 55.0 Å². The van der Waals surface area contributed by atoms with E-state index in [1.165, 1.54) is 0 Å². The zero-order valence-corrected chi connectivity index (χ0v) is 10.6. The molecule has 0 amide bonds. The molecule has 2 aromatic rings. The molecule has 2 rings (SSSR count). The van der Waals surface area contributed by atoms with Gasteiger partial charge in [-0.2, -0.15) is 0 Å². The fraction of sp³-hybridized carbons (Fsp3) is 0.286. The Hall–Kier alpha value is -1.94. The molecular formula is C14H18N4. The molecule has 0 aliphatic heterocycles. The number of rotatable bonds is 5. The van der Waals surface area contributed by atoms with Crippen LogP contribution in [0, 0.1) is 0 Å². The number of nitrogens with two attached hydrogens (primary N) is 1. The molecule has 2 aromatic heterocycles. The predicted molar refractivity (Wildman–Crippen MR) is 72.7 cm³/mol. The summed E-state index contributed by atoms with van der Waals surface area (Å²) in [7, 11) is 0. The van der Waals surface area contributed by atoms with Gasteiger partial charge in [-0.1, -0.05) is 13.0 Å². The van der Waals surface area contributed by atoms with Gasteiger partial charge in [-0.05, 0) is 30.8 Å². The SMILES string of the molecule is CCN(Cc1ccccn1)Cc1ccc(N)cn1. The van der Waals surface area contributed by atoms with Crippen LogP contribution in [0.3, 0.4) is 0 Å². The predicted octanol–water partition coefficient (Wildman–Crippen LogP) is 2.08. The summed E-state index contributed by atoms with van der Waals surface area (Å²) in [5.74, 6) is 0. The van der Waals surface area contributed by atoms with E-state index in [1.54, 1.807) is 6.20 Å². The van der Waals surface area contributed by atoms with Gasteiger partial charge in [0.15, 0.2) is 0 Å². The maximum Gasteiger partial charge on any atom is 0.0545 e. The summed E-state index contributed by atoms with van der Waals surface area (Å²) >= 11 is 0. The van der Waals surface area contributed by atoms with E-state index >= 15 is 0 Å². The Bertz CT molecular complexity index is 467. The van der Waals surface area contributed by atoms with Crippen molar-refractivity contribution >= 4 is 5.69 Å². The van der Waals surface area contributed by atoms with E-state index in [2.05, 4.69) is 21.8 Å². The van der Waals surface area contributed by atoms with Crippen molar-refractivity contribution in [1.29, 1.82) is 0 Å². The lowest BCUT2D eigenvalue weighted by Gasteiger charge is -2.19. The first-order valence-corrected chi connectivity index (χ1v) is 6.10. The summed E-state index contributed by atoms with van der Waals surface area (Å²) in [6, 6.07) is 9.84. The van der Waals surface area contributed by atoms with Crippen LogP contribution in [-0.4, -0.2) is 21.4 Å². The second-order valence-corrected chi connectivity index (χ2v) is 4.21. The summed E-state index contributed by atoms with van der Waals surface area (Å²) in [4.78, 5) is 11.0. The van der Waals surface area contributed by atoms with Crippen molar-refractivity contribution in [1.82, 2.24) is 14.9 Å². The molecule has 0 saturated carbocycles. The molecule has 0 fully saturated rings. The lowest BCUT2D eigenvalue weighted by molar-refractivity contribution is 0.265. The number of pyridine rings is 2. The first-order valence-electron chi connectivity index (χ1n) is 6.10. The van der Waals surface area contributed by atoms with Crippen molar-refractivity contribution in [2.45, 2.75) is 20.0 Å². The van der Waals surface area contributed by atoms with E-state index in [0.29, 0.717) is 5.69 Å². The third kappa shape index (κ3) is 3.53. The molecule has 4 nitrogen and oxygen atoms in total. The van der Waals surface area contributed by atoms with E-state index in [1.807, 2.05) is 36.5 Å². The lowest BCUT2D eigenvalue weighted by atomic mass is 10.3. The minimum absolute atomic E-state index is 0.700. The summed E-state index contributed by atoms with van der Waals surface area (Å²) < 4.78 is 0. The summed E-state index contributed by atoms with van der Waals surface area (Å²) in [5, 5.41) is 0. The smallest absolute Gasteiger partial charge is 0.0545 e. The standard InChI is InChI=1S/C14H18N4/c1-2-18(10-13-5-3-4-8-16-13)11-14-7-6-12(15)9-17-14/h3-9H,2,10-11,15H2,1H3. The zero-order chi connectivity index (χ0) is 12.8. The second kappa shape index (κ2) is 6.12. The van der Waals surface area contributed by atoms with Gasteiger partial charge in [-0.3, -0.25) is 14.9 Å². The van der Waals surface area contributed by atoms with Crippen molar-refractivity contribution in [3.8, 4) is 0 Å². The fourth-order valence-electron chi connectivity index (χ4n) is 1.76. The molecule has 0 aliphatic rings. The van der Waals surface area contributed by atoms with Crippen LogP contribution in [0.1, 0.15) is 18.3 Å². The first-order chi connectivity index (χ1) is 8.78. The van der Waals surface area contributed by atoms with E-state index in [4.69, 9.17) is 5.73 Å². The largest absolute Gasteiger partial charge is 0.397 e. The van der Waals surface area contributed by atoms with Crippen molar-refractivity contribution in [3.63, 3.8) is 0 Å². The molecule has 0 unspecified atom stereocenters. The van der Waals surface area contributed by atoms with Crippen LogP contribution in [0.2, 0.25) is 0 Å². The molecule has 94 valence electrons. The van der Waals surface area contributed by atoms with Gasteiger partial charge in [0, 0.05) is 19.3 Å². The molecule has 0 bridgehead atoms. The van der Waals surface area contributed by atoms with Gasteiger partial charge < -0.3 is 5.73 Å². The lowest BCUT2D eigenvalue weighted by Crippen LogP contribution is -2.23. The summed E-state index contributed by atoms with van der Waals surface area (Å²) in [5.41, 5.74) is 8.44. The number of hydrogen-bond acceptors (Lipinski definition) is 4. The normalized spacial score (nSPS) is 10.8. The molecule has 0 spiro atoms. The van der Waals surface area contributed by atoms with Crippen LogP contribution in [-0.2, 0) is 13.1 Å². The van der Waals surface area contributed by atoms with Crippen molar-refractivity contribution < 1.29 is 0 Å². The van der Waals surface area contributed by atoms with Gasteiger partial charge in [0.05, 0.1) is 23.3 Å². The van der Waals surface area contributed by atoms with E-state index in [-0.39, 0.29) is 0 Å². The van der Waals surface area contributed by atoms with Gasteiger partial charge in [0.25, 0.3) is 0 Å². The number of anilines is 1. The van der Waals surface area contributed by atoms with Crippen LogP contribution >= 0.6 is 0 Å². The molecule has 0 radical (unpaired) electrons. The third-order valence-corrected chi connectivity index (χ3v) is 2.79. The van der Waals surface area contributed by atoms with Gasteiger partial charge >= 0.3 is 0 Å². The number of nitrogen functional groups attached to an aromatic ring is 1. The van der Waals surface area contributed by atoms with Gasteiger partial charge in [0.1, 0.15) is 0 Å². The van der Waals surface area contributed by atoms with Crippen molar-refractivity contribution in [2.75, 3.05) is 12.3 Å². The molecule has 18 heavy (non-hydrogen) atoms. The highest BCUT2D eigenvalue weighted by Gasteiger charge is 2.06. The highest BCUT2D eigenvalue weighted by molar-refractivity contribution is 5.34. The highest BCUT2D eigenvalue weighted by atomic mass is 15.1. The van der Waals surface area contributed by atoms with Crippen LogP contribution in [0.15, 0.2) is 42.7 Å². The Balaban J connectivity index is 1.99. The van der Waals surface area contributed by atoms with E-state index < -0.39 is 0 Å². The Morgan fingerprint density at radius 3 is 2.39 bits per heavy atom. The molecular weight excluding hydrogens is 224 g/mol. The quantitative estimate of drug-likeness (QED) is 0.872. The molecule has 2 N–H and O–H groups in total. The molecule has 2 heterocycles. The van der Waals surface area contributed by atoms with Gasteiger partial charge in [-0.15, -0.1) is 0 Å². The molecule has 0 atom stereocenters. The van der Waals surface area contributed by atoms with Crippen LogP contribution in [0.5, 0.6) is 0 Å². The van der Waals surface area contributed by atoms with Crippen LogP contribution in [0.4, 0.5) is 5.69 Å². The Morgan fingerprint density at radius 2 is 1.83 bits per heavy atom. The molecule has 0 saturated heterocycles. The second-order valence-electron chi connectivity index (χ2n) is 4.21. The summed E-state index contributed by atoms with van der Waals surface area (Å²) in [6.45, 7) is 4.75. The first kappa shape index (κ1) is 12.5. The van der Waals surface area contributed by atoms with Crippen molar-refractivity contribution in [3.05, 3.63) is 54.1 Å². The number of nitrogens with zero attached hydrogens (tertiary/aromatic N) is 3. The molecule has 0 aromatic carbocycles. The van der Waals surface area contributed by atoms with Gasteiger partial charge in [0.2, 0.25) is 0 Å². The Labute approximate surface area is 107 Å². The fourth-order valence-corrected chi connectivity index (χ4v) is 1.76. The Kier molecular flexibility index (Phi) is 4.25. The minimum atomic E-state index is 0.700. The zero-order valence-electron chi connectivity index (χ0n) is 10.6.